The summed E-state index contributed by atoms with van der Waals surface area (Å²) in [6, 6.07) is -0.0700. The molecule has 2 aliphatic rings. The maximum absolute atomic E-state index is 16.2. The molecule has 4 heterocycles. The average Bonchev–Trinajstić information content (AvgIpc) is 2.90. The van der Waals surface area contributed by atoms with Crippen molar-refractivity contribution in [1.29, 1.82) is 0 Å². The highest BCUT2D eigenvalue weighted by molar-refractivity contribution is 5.96. The van der Waals surface area contributed by atoms with Crippen LogP contribution in [0.5, 0.6) is 11.9 Å². The summed E-state index contributed by atoms with van der Waals surface area (Å²) in [5.74, 6) is -9.17. The first-order valence-electron chi connectivity index (χ1n) is 12.9. The van der Waals surface area contributed by atoms with E-state index in [4.69, 9.17) is 15.2 Å². The molecule has 1 atom stereocenters. The summed E-state index contributed by atoms with van der Waals surface area (Å²) in [7, 11) is 0. The van der Waals surface area contributed by atoms with Crippen LogP contribution in [-0.2, 0) is 6.18 Å². The Bertz CT molecular complexity index is 1500. The fourth-order valence-electron chi connectivity index (χ4n) is 4.78. The third kappa shape index (κ3) is 5.92. The van der Waals surface area contributed by atoms with Gasteiger partial charge in [0.05, 0.1) is 25.0 Å². The van der Waals surface area contributed by atoms with Gasteiger partial charge in [0, 0.05) is 25.1 Å². The number of nitrogens with zero attached hydrogens (tertiary/aromatic N) is 4. The molecule has 4 N–H and O–H groups in total. The molecular formula is C25H25F8N7O2. The Labute approximate surface area is 233 Å². The number of benzene rings is 1. The Morgan fingerprint density at radius 2 is 1.90 bits per heavy atom. The van der Waals surface area contributed by atoms with Crippen LogP contribution in [-0.4, -0.2) is 64.9 Å². The van der Waals surface area contributed by atoms with Crippen LogP contribution in [0, 0.1) is 17.5 Å². The van der Waals surface area contributed by atoms with Crippen LogP contribution < -0.4 is 25.8 Å². The maximum Gasteiger partial charge on any atom is 0.419 e. The Morgan fingerprint density at radius 1 is 1.14 bits per heavy atom. The topological polar surface area (TPSA) is 110 Å². The second-order valence-corrected chi connectivity index (χ2v) is 10.0. The molecule has 1 aromatic carbocycles. The number of hydrogen-bond donors (Lipinski definition) is 3. The van der Waals surface area contributed by atoms with Gasteiger partial charge in [-0.2, -0.15) is 23.1 Å². The Morgan fingerprint density at radius 3 is 2.62 bits per heavy atom. The van der Waals surface area contributed by atoms with Crippen LogP contribution in [0.1, 0.15) is 31.7 Å². The van der Waals surface area contributed by atoms with Crippen LogP contribution >= 0.6 is 0 Å². The molecule has 2 aromatic heterocycles. The van der Waals surface area contributed by atoms with Gasteiger partial charge >= 0.3 is 12.2 Å². The molecule has 228 valence electrons. The number of nitrogens with one attached hydrogen (secondary N) is 2. The van der Waals surface area contributed by atoms with Crippen molar-refractivity contribution in [3.63, 3.8) is 0 Å². The molecule has 0 amide bonds. The van der Waals surface area contributed by atoms with E-state index in [-0.39, 0.29) is 37.3 Å². The summed E-state index contributed by atoms with van der Waals surface area (Å²) in [5.41, 5.74) is -0.604. The number of pyridine rings is 1. The normalized spacial score (nSPS) is 19.7. The molecule has 1 saturated heterocycles. The van der Waals surface area contributed by atoms with Crippen molar-refractivity contribution in [2.75, 3.05) is 44.1 Å². The number of nitrogen functional groups attached to an aromatic ring is 1. The van der Waals surface area contributed by atoms with Crippen molar-refractivity contribution in [3.05, 3.63) is 29.1 Å². The molecule has 0 aliphatic carbocycles. The van der Waals surface area contributed by atoms with E-state index in [0.29, 0.717) is 19.0 Å². The van der Waals surface area contributed by atoms with E-state index in [2.05, 4.69) is 25.6 Å². The van der Waals surface area contributed by atoms with Gasteiger partial charge in [-0.1, -0.05) is 0 Å². The van der Waals surface area contributed by atoms with Crippen LogP contribution in [0.15, 0.2) is 6.07 Å². The van der Waals surface area contributed by atoms with Crippen molar-refractivity contribution in [3.8, 4) is 23.1 Å². The van der Waals surface area contributed by atoms with Crippen LogP contribution in [0.2, 0.25) is 0 Å². The molecule has 3 aromatic rings. The van der Waals surface area contributed by atoms with E-state index >= 15 is 4.39 Å². The number of rotatable bonds is 4. The zero-order chi connectivity index (χ0) is 30.4. The molecule has 0 radical (unpaired) electrons. The van der Waals surface area contributed by atoms with Gasteiger partial charge < -0.3 is 20.5 Å². The molecule has 17 heteroatoms. The highest BCUT2D eigenvalue weighted by atomic mass is 19.4. The highest BCUT2D eigenvalue weighted by Gasteiger charge is 2.41. The lowest BCUT2D eigenvalue weighted by atomic mass is 10.00. The average molecular weight is 608 g/mol. The lowest BCUT2D eigenvalue weighted by Gasteiger charge is -2.31. The van der Waals surface area contributed by atoms with Gasteiger partial charge in [0.1, 0.15) is 34.7 Å². The van der Waals surface area contributed by atoms with E-state index in [1.807, 2.05) is 0 Å². The SMILES string of the molecule is C[C@H]1CCNCNc2nc(OCN3CCCC(F)(F)C3)nc3c(F)c(-c4cc(N)c(F)c(F)c4C(F)(F)F)nc(c23)O1. The summed E-state index contributed by atoms with van der Waals surface area (Å²) in [5, 5.41) is 5.76. The minimum atomic E-state index is -5.47. The van der Waals surface area contributed by atoms with E-state index in [0.717, 1.165) is 0 Å². The molecule has 2 aliphatic heterocycles. The molecule has 42 heavy (non-hydrogen) atoms. The van der Waals surface area contributed by atoms with E-state index in [1.165, 1.54) is 4.90 Å². The maximum atomic E-state index is 16.2. The summed E-state index contributed by atoms with van der Waals surface area (Å²) >= 11 is 0. The molecule has 0 unspecified atom stereocenters. The van der Waals surface area contributed by atoms with Gasteiger partial charge in [0.25, 0.3) is 5.92 Å². The number of anilines is 2. The number of aromatic nitrogens is 3. The molecule has 1 fully saturated rings. The first kappa shape index (κ1) is 29.8. The summed E-state index contributed by atoms with van der Waals surface area (Å²) in [4.78, 5) is 13.5. The van der Waals surface area contributed by atoms with E-state index in [9.17, 15) is 30.7 Å². The smallest absolute Gasteiger partial charge is 0.419 e. The van der Waals surface area contributed by atoms with E-state index in [1.54, 1.807) is 6.92 Å². The van der Waals surface area contributed by atoms with Crippen molar-refractivity contribution >= 4 is 22.4 Å². The van der Waals surface area contributed by atoms with Crippen molar-refractivity contribution in [2.45, 2.75) is 44.4 Å². The lowest BCUT2D eigenvalue weighted by molar-refractivity contribution is -0.139. The number of hydrogen-bond acceptors (Lipinski definition) is 9. The lowest BCUT2D eigenvalue weighted by Crippen LogP contribution is -2.44. The monoisotopic (exact) mass is 607 g/mol. The molecule has 0 spiro atoms. The number of halogens is 8. The van der Waals surface area contributed by atoms with Gasteiger partial charge in [-0.05, 0) is 25.8 Å². The third-order valence-electron chi connectivity index (χ3n) is 6.77. The quantitative estimate of drug-likeness (QED) is 0.282. The van der Waals surface area contributed by atoms with Crippen molar-refractivity contribution < 1.29 is 44.6 Å². The fourth-order valence-corrected chi connectivity index (χ4v) is 4.78. The number of nitrogens with two attached hydrogens (primary N) is 1. The second-order valence-electron chi connectivity index (χ2n) is 10.0. The van der Waals surface area contributed by atoms with E-state index < -0.39 is 88.8 Å². The predicted molar refractivity (Wildman–Crippen MR) is 135 cm³/mol. The third-order valence-corrected chi connectivity index (χ3v) is 6.77. The summed E-state index contributed by atoms with van der Waals surface area (Å²) < 4.78 is 126. The minimum absolute atomic E-state index is 0.0885. The zero-order valence-corrected chi connectivity index (χ0v) is 22.0. The van der Waals surface area contributed by atoms with Gasteiger partial charge in [0.2, 0.25) is 5.88 Å². The molecule has 0 bridgehead atoms. The largest absolute Gasteiger partial charge is 0.474 e. The predicted octanol–water partition coefficient (Wildman–Crippen LogP) is 4.91. The van der Waals surface area contributed by atoms with Gasteiger partial charge in [-0.25, -0.2) is 26.9 Å². The van der Waals surface area contributed by atoms with Crippen LogP contribution in [0.25, 0.3) is 22.2 Å². The van der Waals surface area contributed by atoms with Crippen LogP contribution in [0.4, 0.5) is 46.6 Å². The zero-order valence-electron chi connectivity index (χ0n) is 22.0. The number of ether oxygens (including phenoxy) is 2. The number of alkyl halides is 5. The summed E-state index contributed by atoms with van der Waals surface area (Å²) in [6.07, 6.45) is -5.74. The summed E-state index contributed by atoms with van der Waals surface area (Å²) in [6.45, 7) is 1.47. The second kappa shape index (κ2) is 11.2. The van der Waals surface area contributed by atoms with Crippen molar-refractivity contribution in [1.82, 2.24) is 25.2 Å². The van der Waals surface area contributed by atoms with Gasteiger partial charge in [-0.15, -0.1) is 0 Å². The first-order valence-corrected chi connectivity index (χ1v) is 12.9. The number of piperidine rings is 1. The van der Waals surface area contributed by atoms with Crippen LogP contribution in [0.3, 0.4) is 0 Å². The van der Waals surface area contributed by atoms with Gasteiger partial charge in [0.15, 0.2) is 17.5 Å². The number of likely N-dealkylation sites (tertiary alicyclic amines) is 1. The molecule has 9 nitrogen and oxygen atoms in total. The molecule has 5 rings (SSSR count). The van der Waals surface area contributed by atoms with Crippen molar-refractivity contribution in [2.24, 2.45) is 0 Å². The molecular weight excluding hydrogens is 582 g/mol. The minimum Gasteiger partial charge on any atom is -0.474 e. The fraction of sp³-hybridized carbons (Fsp3) is 0.480. The highest BCUT2D eigenvalue weighted by Crippen LogP contribution is 2.44. The standard InChI is InChI=1S/C25H25F8N7O2/c1-11-3-5-35-9-36-21-14-20(38-23(39-21)41-10-40-6-2-4-24(29,30)8-40)18(28)19(37-22(14)42-11)12-7-13(34)16(26)17(27)15(12)25(31,32)33/h7,11,35H,2-6,8-10,34H2,1H3,(H,36,38,39)/t11-/m0/s1. The Kier molecular flexibility index (Phi) is 7.91. The Balaban J connectivity index is 1.70. The Hall–Kier alpha value is -3.73. The molecule has 0 saturated carbocycles. The first-order chi connectivity index (χ1) is 19.7. The van der Waals surface area contributed by atoms with Gasteiger partial charge in [-0.3, -0.25) is 10.2 Å².